The van der Waals surface area contributed by atoms with Crippen LogP contribution in [0.1, 0.15) is 103 Å². The average molecular weight is 331 g/mol. The first-order valence-electron chi connectivity index (χ1n) is 10.1. The molecular formula is C20H42O3. The molecule has 140 valence electrons. The molecule has 0 amide bonds. The van der Waals surface area contributed by atoms with Crippen LogP contribution in [-0.4, -0.2) is 36.1 Å². The topological polar surface area (TPSA) is 49.7 Å². The van der Waals surface area contributed by atoms with E-state index < -0.39 is 6.10 Å². The maximum atomic E-state index is 9.55. The van der Waals surface area contributed by atoms with Crippen molar-refractivity contribution in [3.63, 3.8) is 0 Å². The molecule has 0 radical (unpaired) electrons. The third kappa shape index (κ3) is 15.2. The summed E-state index contributed by atoms with van der Waals surface area (Å²) in [5.41, 5.74) is 0. The zero-order valence-electron chi connectivity index (χ0n) is 15.8. The number of methoxy groups -OCH3 is 1. The lowest BCUT2D eigenvalue weighted by molar-refractivity contribution is -0.0419. The molecule has 0 aromatic heterocycles. The van der Waals surface area contributed by atoms with Gasteiger partial charge < -0.3 is 14.9 Å². The third-order valence-electron chi connectivity index (χ3n) is 4.76. The normalized spacial score (nSPS) is 14.1. The second kappa shape index (κ2) is 18.2. The SMILES string of the molecule is CCCCCCCCCCCCCCCCC(OC)C(O)CO. The molecule has 0 heterocycles. The molecule has 0 spiro atoms. The summed E-state index contributed by atoms with van der Waals surface area (Å²) < 4.78 is 5.21. The summed E-state index contributed by atoms with van der Waals surface area (Å²) in [4.78, 5) is 0. The van der Waals surface area contributed by atoms with Gasteiger partial charge in [0.25, 0.3) is 0 Å². The first-order valence-corrected chi connectivity index (χ1v) is 10.1. The second-order valence-electron chi connectivity index (χ2n) is 6.91. The Morgan fingerprint density at radius 3 is 1.43 bits per heavy atom. The van der Waals surface area contributed by atoms with Gasteiger partial charge in [0.05, 0.1) is 12.7 Å². The predicted octanol–water partition coefficient (Wildman–Crippen LogP) is 5.23. The molecule has 0 aliphatic heterocycles. The standard InChI is InChI=1S/C20H42O3/c1-3-4-5-6-7-8-9-10-11-12-13-14-15-16-17-20(23-2)19(22)18-21/h19-22H,3-18H2,1-2H3. The molecule has 0 aliphatic rings. The van der Waals surface area contributed by atoms with E-state index in [0.29, 0.717) is 0 Å². The fourth-order valence-electron chi connectivity index (χ4n) is 3.12. The summed E-state index contributed by atoms with van der Waals surface area (Å²) in [5.74, 6) is 0. The molecule has 0 rings (SSSR count). The Morgan fingerprint density at radius 2 is 1.09 bits per heavy atom. The fraction of sp³-hybridized carbons (Fsp3) is 1.00. The summed E-state index contributed by atoms with van der Waals surface area (Å²) in [6.07, 6.45) is 18.8. The molecule has 2 unspecified atom stereocenters. The van der Waals surface area contributed by atoms with Crippen LogP contribution in [0.25, 0.3) is 0 Å². The molecule has 0 aromatic rings. The monoisotopic (exact) mass is 330 g/mol. The van der Waals surface area contributed by atoms with Crippen LogP contribution >= 0.6 is 0 Å². The molecular weight excluding hydrogens is 288 g/mol. The van der Waals surface area contributed by atoms with Gasteiger partial charge >= 0.3 is 0 Å². The maximum Gasteiger partial charge on any atom is 0.103 e. The number of rotatable bonds is 18. The molecule has 23 heavy (non-hydrogen) atoms. The van der Waals surface area contributed by atoms with Crippen molar-refractivity contribution in [3.05, 3.63) is 0 Å². The molecule has 0 saturated carbocycles. The van der Waals surface area contributed by atoms with Crippen LogP contribution in [0.4, 0.5) is 0 Å². The van der Waals surface area contributed by atoms with Crippen LogP contribution in [0.2, 0.25) is 0 Å². The average Bonchev–Trinajstić information content (AvgIpc) is 2.58. The number of ether oxygens (including phenoxy) is 1. The fourth-order valence-corrected chi connectivity index (χ4v) is 3.12. The lowest BCUT2D eigenvalue weighted by Gasteiger charge is -2.19. The van der Waals surface area contributed by atoms with Crippen molar-refractivity contribution < 1.29 is 14.9 Å². The Kier molecular flexibility index (Phi) is 18.1. The van der Waals surface area contributed by atoms with Crippen LogP contribution in [0, 0.1) is 0 Å². The highest BCUT2D eigenvalue weighted by Gasteiger charge is 2.16. The smallest absolute Gasteiger partial charge is 0.103 e. The maximum absolute atomic E-state index is 9.55. The molecule has 2 atom stereocenters. The number of aliphatic hydroxyl groups excluding tert-OH is 2. The van der Waals surface area contributed by atoms with Crippen molar-refractivity contribution in [1.82, 2.24) is 0 Å². The Morgan fingerprint density at radius 1 is 0.696 bits per heavy atom. The van der Waals surface area contributed by atoms with Crippen LogP contribution in [0.15, 0.2) is 0 Å². The van der Waals surface area contributed by atoms with E-state index in [1.165, 1.54) is 83.5 Å². The lowest BCUT2D eigenvalue weighted by Crippen LogP contribution is -2.31. The van der Waals surface area contributed by atoms with Gasteiger partial charge in [0.2, 0.25) is 0 Å². The van der Waals surface area contributed by atoms with Crippen LogP contribution in [0.3, 0.4) is 0 Å². The summed E-state index contributed by atoms with van der Waals surface area (Å²) in [5, 5.41) is 18.5. The van der Waals surface area contributed by atoms with Crippen molar-refractivity contribution in [2.75, 3.05) is 13.7 Å². The van der Waals surface area contributed by atoms with Crippen molar-refractivity contribution in [1.29, 1.82) is 0 Å². The Hall–Kier alpha value is -0.120. The van der Waals surface area contributed by atoms with E-state index in [-0.39, 0.29) is 12.7 Å². The Labute approximate surface area is 144 Å². The highest BCUT2D eigenvalue weighted by atomic mass is 16.5. The van der Waals surface area contributed by atoms with Crippen LogP contribution in [0.5, 0.6) is 0 Å². The first kappa shape index (κ1) is 22.9. The molecule has 0 saturated heterocycles. The lowest BCUT2D eigenvalue weighted by atomic mass is 10.0. The van der Waals surface area contributed by atoms with Gasteiger partial charge in [-0.25, -0.2) is 0 Å². The number of hydrogen-bond donors (Lipinski definition) is 2. The molecule has 0 aromatic carbocycles. The molecule has 0 fully saturated rings. The van der Waals surface area contributed by atoms with Gasteiger partial charge in [-0.1, -0.05) is 96.8 Å². The van der Waals surface area contributed by atoms with Gasteiger partial charge in [-0.15, -0.1) is 0 Å². The minimum atomic E-state index is -0.734. The largest absolute Gasteiger partial charge is 0.394 e. The van der Waals surface area contributed by atoms with Gasteiger partial charge in [-0.05, 0) is 6.42 Å². The zero-order chi connectivity index (χ0) is 17.2. The summed E-state index contributed by atoms with van der Waals surface area (Å²) in [7, 11) is 1.60. The van der Waals surface area contributed by atoms with E-state index >= 15 is 0 Å². The van der Waals surface area contributed by atoms with Gasteiger partial charge in [0.1, 0.15) is 6.10 Å². The molecule has 2 N–H and O–H groups in total. The van der Waals surface area contributed by atoms with Crippen molar-refractivity contribution in [3.8, 4) is 0 Å². The minimum Gasteiger partial charge on any atom is -0.394 e. The third-order valence-corrected chi connectivity index (χ3v) is 4.76. The van der Waals surface area contributed by atoms with Crippen molar-refractivity contribution in [2.45, 2.75) is 115 Å². The molecule has 0 aliphatic carbocycles. The molecule has 0 bridgehead atoms. The second-order valence-corrected chi connectivity index (χ2v) is 6.91. The number of hydrogen-bond acceptors (Lipinski definition) is 3. The summed E-state index contributed by atoms with van der Waals surface area (Å²) >= 11 is 0. The van der Waals surface area contributed by atoms with E-state index in [9.17, 15) is 5.11 Å². The van der Waals surface area contributed by atoms with Gasteiger partial charge in [0, 0.05) is 7.11 Å². The van der Waals surface area contributed by atoms with Crippen LogP contribution < -0.4 is 0 Å². The zero-order valence-corrected chi connectivity index (χ0v) is 15.8. The highest BCUT2D eigenvalue weighted by Crippen LogP contribution is 2.15. The number of unbranched alkanes of at least 4 members (excludes halogenated alkanes) is 13. The van der Waals surface area contributed by atoms with Crippen LogP contribution in [-0.2, 0) is 4.74 Å². The highest BCUT2D eigenvalue weighted by molar-refractivity contribution is 4.67. The van der Waals surface area contributed by atoms with Gasteiger partial charge in [0.15, 0.2) is 0 Å². The van der Waals surface area contributed by atoms with E-state index in [2.05, 4.69) is 6.92 Å². The van der Waals surface area contributed by atoms with Gasteiger partial charge in [-0.3, -0.25) is 0 Å². The molecule has 3 heteroatoms. The quantitative estimate of drug-likeness (QED) is 0.338. The number of aliphatic hydroxyl groups is 2. The predicted molar refractivity (Wildman–Crippen MR) is 98.8 cm³/mol. The van der Waals surface area contributed by atoms with E-state index in [0.717, 1.165) is 12.8 Å². The van der Waals surface area contributed by atoms with Crippen molar-refractivity contribution >= 4 is 0 Å². The minimum absolute atomic E-state index is 0.211. The van der Waals surface area contributed by atoms with E-state index in [1.54, 1.807) is 7.11 Å². The van der Waals surface area contributed by atoms with E-state index in [4.69, 9.17) is 9.84 Å². The summed E-state index contributed by atoms with van der Waals surface area (Å²) in [6, 6.07) is 0. The Balaban J connectivity index is 3.18. The molecule has 3 nitrogen and oxygen atoms in total. The summed E-state index contributed by atoms with van der Waals surface area (Å²) in [6.45, 7) is 2.06. The first-order chi connectivity index (χ1) is 11.3. The van der Waals surface area contributed by atoms with Crippen molar-refractivity contribution in [2.24, 2.45) is 0 Å². The van der Waals surface area contributed by atoms with E-state index in [1.807, 2.05) is 0 Å². The van der Waals surface area contributed by atoms with Gasteiger partial charge in [-0.2, -0.15) is 0 Å². The Bertz CT molecular complexity index is 221.